The molecule has 10 nitrogen and oxygen atoms in total. The first kappa shape index (κ1) is 28.2. The number of ether oxygens (including phenoxy) is 1. The van der Waals surface area contributed by atoms with E-state index in [2.05, 4.69) is 9.44 Å². The summed E-state index contributed by atoms with van der Waals surface area (Å²) in [6.45, 7) is 3.63. The molecule has 0 aromatic heterocycles. The quantitative estimate of drug-likeness (QED) is 0.242. The number of nitriles is 1. The first-order chi connectivity index (χ1) is 18.9. The topological polar surface area (TPSA) is 163 Å². The van der Waals surface area contributed by atoms with E-state index in [1.54, 1.807) is 24.3 Å². The van der Waals surface area contributed by atoms with Gasteiger partial charge in [0.15, 0.2) is 0 Å². The van der Waals surface area contributed by atoms with Gasteiger partial charge in [-0.05, 0) is 68.4 Å². The van der Waals surface area contributed by atoms with E-state index in [1.165, 1.54) is 54.6 Å². The number of carboxylic acid groups (broad SMARTS) is 1. The number of hydrogen-bond acceptors (Lipinski definition) is 7. The number of carbonyl (C=O) groups is 1. The average molecular weight is 578 g/mol. The summed E-state index contributed by atoms with van der Waals surface area (Å²) in [6.07, 6.45) is 0. The zero-order valence-corrected chi connectivity index (χ0v) is 22.9. The standard InChI is InChI=1S/C28H23N3O7S2/c1-18-3-9-23(10-4-18)39(34,35)30-26-13-7-21(15-20(26)17-29)38-22-8-14-27(25(16-22)28(32)33)31-40(36,37)24-11-5-19(2)6-12-24/h3-16,30-31H,1-2H3,(H,32,33). The van der Waals surface area contributed by atoms with Gasteiger partial charge in [-0.3, -0.25) is 9.44 Å². The molecule has 3 N–H and O–H groups in total. The van der Waals surface area contributed by atoms with Crippen LogP contribution >= 0.6 is 0 Å². The Morgan fingerprint density at radius 1 is 0.725 bits per heavy atom. The molecular weight excluding hydrogens is 554 g/mol. The van der Waals surface area contributed by atoms with Crippen LogP contribution < -0.4 is 14.2 Å². The van der Waals surface area contributed by atoms with Gasteiger partial charge in [0.2, 0.25) is 0 Å². The normalized spacial score (nSPS) is 11.3. The van der Waals surface area contributed by atoms with Gasteiger partial charge >= 0.3 is 5.97 Å². The lowest BCUT2D eigenvalue weighted by Gasteiger charge is -2.14. The Kier molecular flexibility index (Phi) is 7.81. The fraction of sp³-hybridized carbons (Fsp3) is 0.0714. The van der Waals surface area contributed by atoms with Crippen LogP contribution in [0, 0.1) is 25.2 Å². The Morgan fingerprint density at radius 3 is 1.65 bits per heavy atom. The van der Waals surface area contributed by atoms with Gasteiger partial charge in [-0.15, -0.1) is 0 Å². The minimum atomic E-state index is -4.06. The molecule has 0 atom stereocenters. The highest BCUT2D eigenvalue weighted by atomic mass is 32.2. The molecule has 0 saturated heterocycles. The van der Waals surface area contributed by atoms with Crippen molar-refractivity contribution in [2.45, 2.75) is 23.6 Å². The van der Waals surface area contributed by atoms with Gasteiger partial charge in [-0.2, -0.15) is 5.26 Å². The fourth-order valence-corrected chi connectivity index (χ4v) is 5.76. The molecule has 4 rings (SSSR count). The number of rotatable bonds is 9. The summed E-state index contributed by atoms with van der Waals surface area (Å²) in [5.74, 6) is -1.22. The maximum Gasteiger partial charge on any atom is 0.337 e. The molecule has 4 aromatic carbocycles. The lowest BCUT2D eigenvalue weighted by atomic mass is 10.1. The number of nitrogens with one attached hydrogen (secondary N) is 2. The molecule has 0 bridgehead atoms. The number of sulfonamides is 2. The highest BCUT2D eigenvalue weighted by Gasteiger charge is 2.20. The summed E-state index contributed by atoms with van der Waals surface area (Å²) in [6, 6.07) is 22.0. The van der Waals surface area contributed by atoms with Gasteiger partial charge in [-0.1, -0.05) is 35.4 Å². The number of anilines is 2. The predicted octanol–water partition coefficient (Wildman–Crippen LogP) is 5.27. The molecule has 0 aliphatic carbocycles. The largest absolute Gasteiger partial charge is 0.478 e. The highest BCUT2D eigenvalue weighted by molar-refractivity contribution is 7.93. The number of nitrogens with zero attached hydrogens (tertiary/aromatic N) is 1. The van der Waals surface area contributed by atoms with Crippen LogP contribution in [-0.2, 0) is 20.0 Å². The van der Waals surface area contributed by atoms with Crippen LogP contribution in [0.2, 0.25) is 0 Å². The van der Waals surface area contributed by atoms with Crippen LogP contribution in [0.25, 0.3) is 0 Å². The molecule has 0 aliphatic rings. The van der Waals surface area contributed by atoms with Crippen molar-refractivity contribution >= 4 is 37.4 Å². The average Bonchev–Trinajstić information content (AvgIpc) is 2.90. The molecule has 12 heteroatoms. The maximum absolute atomic E-state index is 12.8. The lowest BCUT2D eigenvalue weighted by molar-refractivity contribution is 0.0697. The fourth-order valence-electron chi connectivity index (χ4n) is 3.60. The van der Waals surface area contributed by atoms with E-state index in [9.17, 15) is 32.0 Å². The first-order valence-electron chi connectivity index (χ1n) is 11.7. The third-order valence-electron chi connectivity index (χ3n) is 5.72. The van der Waals surface area contributed by atoms with E-state index < -0.39 is 26.0 Å². The van der Waals surface area contributed by atoms with E-state index in [0.29, 0.717) is 0 Å². The molecule has 4 aromatic rings. The second-order valence-corrected chi connectivity index (χ2v) is 12.1. The summed E-state index contributed by atoms with van der Waals surface area (Å²) in [7, 11) is -8.01. The molecule has 0 unspecified atom stereocenters. The van der Waals surface area contributed by atoms with E-state index in [-0.39, 0.29) is 43.8 Å². The Labute approximate surface area is 231 Å². The van der Waals surface area contributed by atoms with Crippen molar-refractivity contribution in [2.24, 2.45) is 0 Å². The van der Waals surface area contributed by atoms with Gasteiger partial charge in [0.1, 0.15) is 17.6 Å². The van der Waals surface area contributed by atoms with Gasteiger partial charge in [0.25, 0.3) is 20.0 Å². The SMILES string of the molecule is Cc1ccc(S(=O)(=O)Nc2ccc(Oc3ccc(NS(=O)(=O)c4ccc(C)cc4)c(C(=O)O)c3)cc2C#N)cc1. The Morgan fingerprint density at radius 2 is 1.18 bits per heavy atom. The number of hydrogen-bond donors (Lipinski definition) is 3. The number of aryl methyl sites for hydroxylation is 2. The van der Waals surface area contributed by atoms with Crippen molar-refractivity contribution in [2.75, 3.05) is 9.44 Å². The molecule has 204 valence electrons. The summed E-state index contributed by atoms with van der Waals surface area (Å²) >= 11 is 0. The minimum absolute atomic E-state index is 0.0293. The van der Waals surface area contributed by atoms with Gasteiger partial charge < -0.3 is 9.84 Å². The second-order valence-electron chi connectivity index (χ2n) is 8.77. The van der Waals surface area contributed by atoms with Crippen molar-refractivity contribution in [1.82, 2.24) is 0 Å². The summed E-state index contributed by atoms with van der Waals surface area (Å²) in [5.41, 5.74) is 1.22. The third-order valence-corrected chi connectivity index (χ3v) is 8.48. The zero-order valence-electron chi connectivity index (χ0n) is 21.2. The molecule has 0 radical (unpaired) electrons. The van der Waals surface area contributed by atoms with Crippen LogP contribution in [0.15, 0.2) is 94.7 Å². The summed E-state index contributed by atoms with van der Waals surface area (Å²) < 4.78 is 61.4. The summed E-state index contributed by atoms with van der Waals surface area (Å²) in [5, 5.41) is 19.3. The molecule has 0 saturated carbocycles. The second kappa shape index (κ2) is 11.1. The van der Waals surface area contributed by atoms with Crippen molar-refractivity contribution in [3.05, 3.63) is 107 Å². The minimum Gasteiger partial charge on any atom is -0.478 e. The number of benzene rings is 4. The third kappa shape index (κ3) is 6.40. The van der Waals surface area contributed by atoms with E-state index in [1.807, 2.05) is 19.9 Å². The molecule has 0 heterocycles. The lowest BCUT2D eigenvalue weighted by Crippen LogP contribution is -2.15. The van der Waals surface area contributed by atoms with E-state index in [4.69, 9.17) is 4.74 Å². The van der Waals surface area contributed by atoms with Crippen LogP contribution in [0.1, 0.15) is 27.0 Å². The molecule has 0 spiro atoms. The zero-order chi connectivity index (χ0) is 29.1. The Balaban J connectivity index is 1.57. The molecule has 40 heavy (non-hydrogen) atoms. The van der Waals surface area contributed by atoms with Crippen molar-refractivity contribution < 1.29 is 31.5 Å². The van der Waals surface area contributed by atoms with Gasteiger partial charge in [0, 0.05) is 6.07 Å². The Bertz CT molecular complexity index is 1850. The van der Waals surface area contributed by atoms with E-state index in [0.717, 1.165) is 17.2 Å². The highest BCUT2D eigenvalue weighted by Crippen LogP contribution is 2.31. The van der Waals surface area contributed by atoms with Crippen molar-refractivity contribution in [3.63, 3.8) is 0 Å². The first-order valence-corrected chi connectivity index (χ1v) is 14.6. The molecular formula is C28H23N3O7S2. The van der Waals surface area contributed by atoms with Crippen molar-refractivity contribution in [1.29, 1.82) is 5.26 Å². The maximum atomic E-state index is 12.8. The van der Waals surface area contributed by atoms with Crippen LogP contribution in [0.3, 0.4) is 0 Å². The predicted molar refractivity (Wildman–Crippen MR) is 149 cm³/mol. The summed E-state index contributed by atoms with van der Waals surface area (Å²) in [4.78, 5) is 11.9. The van der Waals surface area contributed by atoms with Crippen molar-refractivity contribution in [3.8, 4) is 17.6 Å². The smallest absolute Gasteiger partial charge is 0.337 e. The number of aromatic carboxylic acids is 1. The number of carboxylic acids is 1. The van der Waals surface area contributed by atoms with Gasteiger partial charge in [0.05, 0.1) is 32.3 Å². The van der Waals surface area contributed by atoms with Crippen LogP contribution in [0.5, 0.6) is 11.5 Å². The molecule has 0 amide bonds. The monoisotopic (exact) mass is 577 g/mol. The molecule has 0 fully saturated rings. The Hall–Kier alpha value is -4.86. The molecule has 0 aliphatic heterocycles. The van der Waals surface area contributed by atoms with Crippen LogP contribution in [-0.4, -0.2) is 27.9 Å². The van der Waals surface area contributed by atoms with Gasteiger partial charge in [-0.25, -0.2) is 21.6 Å². The van der Waals surface area contributed by atoms with E-state index >= 15 is 0 Å². The van der Waals surface area contributed by atoms with Crippen LogP contribution in [0.4, 0.5) is 11.4 Å².